The molecule has 1 aromatic rings. The van der Waals surface area contributed by atoms with Gasteiger partial charge in [-0.25, -0.2) is 0 Å². The van der Waals surface area contributed by atoms with Crippen molar-refractivity contribution >= 4 is 26.8 Å². The Kier molecular flexibility index (Phi) is 5.90. The first kappa shape index (κ1) is 23.0. The topological polar surface area (TPSA) is 48.0 Å². The number of nitrogens with zero attached hydrogens (tertiary/aromatic N) is 1. The van der Waals surface area contributed by atoms with Crippen LogP contribution in [0.5, 0.6) is 5.75 Å². The Labute approximate surface area is 172 Å². The first-order valence-corrected chi connectivity index (χ1v) is 12.8. The molecule has 0 N–H and O–H groups in total. The minimum absolute atomic E-state index is 0.0546. The molecule has 0 atom stereocenters. The lowest BCUT2D eigenvalue weighted by atomic mass is 9.78. The quantitative estimate of drug-likeness (QED) is 0.709. The number of hydrogen-bond donors (Lipinski definition) is 0. The second kappa shape index (κ2) is 7.18. The highest BCUT2D eigenvalue weighted by molar-refractivity contribution is 6.74. The van der Waals surface area contributed by atoms with Crippen molar-refractivity contribution in [3.63, 3.8) is 0 Å². The monoisotopic (exact) mass is 405 g/mol. The average Bonchev–Trinajstić information content (AvgIpc) is 2.72. The number of carbonyl (C=O) groups is 1. The lowest BCUT2D eigenvalue weighted by molar-refractivity contribution is 0.00578. The van der Waals surface area contributed by atoms with Gasteiger partial charge in [0.25, 0.3) is 5.91 Å². The summed E-state index contributed by atoms with van der Waals surface area (Å²) in [6.45, 7) is 19.1. The standard InChI is InChI=1S/C21H36BNO4Si/c1-19(2,3)28(10,11)25-17-13-15(18(24)23(8)9)12-16(14-17)22-26-20(4,5)21(6,7)27-22/h12-14H,1-11H3. The van der Waals surface area contributed by atoms with Crippen LogP contribution in [-0.4, -0.2) is 51.5 Å². The molecule has 156 valence electrons. The highest BCUT2D eigenvalue weighted by atomic mass is 28.4. The lowest BCUT2D eigenvalue weighted by Gasteiger charge is -2.36. The Morgan fingerprint density at radius 3 is 1.96 bits per heavy atom. The van der Waals surface area contributed by atoms with Gasteiger partial charge in [-0.2, -0.15) is 0 Å². The molecule has 1 saturated heterocycles. The number of benzene rings is 1. The first-order chi connectivity index (χ1) is 12.5. The zero-order chi connectivity index (χ0) is 21.7. The minimum atomic E-state index is -2.06. The summed E-state index contributed by atoms with van der Waals surface area (Å²) in [7, 11) is 0.900. The molecule has 0 aliphatic carbocycles. The van der Waals surface area contributed by atoms with Gasteiger partial charge in [0.15, 0.2) is 0 Å². The van der Waals surface area contributed by atoms with E-state index in [1.165, 1.54) is 0 Å². The molecular weight excluding hydrogens is 369 g/mol. The second-order valence-electron chi connectivity index (χ2n) is 10.4. The number of hydrogen-bond acceptors (Lipinski definition) is 4. The average molecular weight is 405 g/mol. The molecule has 28 heavy (non-hydrogen) atoms. The molecule has 7 heteroatoms. The van der Waals surface area contributed by atoms with Crippen LogP contribution in [0.15, 0.2) is 18.2 Å². The summed E-state index contributed by atoms with van der Waals surface area (Å²) in [5.74, 6) is 0.627. The summed E-state index contributed by atoms with van der Waals surface area (Å²) in [6.07, 6.45) is 0. The highest BCUT2D eigenvalue weighted by Gasteiger charge is 2.52. The van der Waals surface area contributed by atoms with Gasteiger partial charge in [0.05, 0.1) is 11.2 Å². The number of rotatable bonds is 4. The fourth-order valence-electron chi connectivity index (χ4n) is 2.63. The Morgan fingerprint density at radius 2 is 1.54 bits per heavy atom. The Bertz CT molecular complexity index is 737. The molecule has 0 unspecified atom stereocenters. The van der Waals surface area contributed by atoms with Crippen molar-refractivity contribution in [2.45, 2.75) is 77.8 Å². The summed E-state index contributed by atoms with van der Waals surface area (Å²) in [5.41, 5.74) is 0.491. The van der Waals surface area contributed by atoms with Gasteiger partial charge in [-0.3, -0.25) is 4.79 Å². The Balaban J connectivity index is 2.49. The first-order valence-electron chi connectivity index (χ1n) is 9.88. The van der Waals surface area contributed by atoms with E-state index in [1.54, 1.807) is 19.0 Å². The van der Waals surface area contributed by atoms with Crippen molar-refractivity contribution < 1.29 is 18.5 Å². The summed E-state index contributed by atoms with van der Waals surface area (Å²) in [5, 5.41) is 0.0546. The zero-order valence-corrected chi connectivity index (χ0v) is 20.4. The summed E-state index contributed by atoms with van der Waals surface area (Å²) in [6, 6.07) is 5.63. The fourth-order valence-corrected chi connectivity index (χ4v) is 3.64. The summed E-state index contributed by atoms with van der Waals surface area (Å²) in [4.78, 5) is 14.2. The van der Waals surface area contributed by atoms with Gasteiger partial charge in [-0.1, -0.05) is 20.8 Å². The highest BCUT2D eigenvalue weighted by Crippen LogP contribution is 2.39. The molecule has 0 radical (unpaired) electrons. The van der Waals surface area contributed by atoms with Crippen molar-refractivity contribution in [1.29, 1.82) is 0 Å². The van der Waals surface area contributed by atoms with Crippen LogP contribution < -0.4 is 9.89 Å². The maximum absolute atomic E-state index is 12.7. The normalized spacial score (nSPS) is 18.9. The maximum Gasteiger partial charge on any atom is 0.494 e. The molecule has 1 amide bonds. The minimum Gasteiger partial charge on any atom is -0.543 e. The second-order valence-corrected chi connectivity index (χ2v) is 15.2. The van der Waals surface area contributed by atoms with Crippen LogP contribution in [0.2, 0.25) is 18.1 Å². The van der Waals surface area contributed by atoms with E-state index in [4.69, 9.17) is 13.7 Å². The Morgan fingerprint density at radius 1 is 1.04 bits per heavy atom. The number of carbonyl (C=O) groups excluding carboxylic acids is 1. The van der Waals surface area contributed by atoms with Crippen LogP contribution in [0, 0.1) is 0 Å². The van der Waals surface area contributed by atoms with E-state index < -0.39 is 26.6 Å². The van der Waals surface area contributed by atoms with E-state index in [-0.39, 0.29) is 10.9 Å². The molecule has 0 aromatic heterocycles. The molecule has 0 saturated carbocycles. The maximum atomic E-state index is 12.7. The smallest absolute Gasteiger partial charge is 0.494 e. The molecule has 2 rings (SSSR count). The zero-order valence-electron chi connectivity index (χ0n) is 19.4. The van der Waals surface area contributed by atoms with Gasteiger partial charge >= 0.3 is 7.12 Å². The van der Waals surface area contributed by atoms with Crippen molar-refractivity contribution in [2.24, 2.45) is 0 Å². The largest absolute Gasteiger partial charge is 0.543 e. The van der Waals surface area contributed by atoms with Crippen LogP contribution in [-0.2, 0) is 9.31 Å². The summed E-state index contributed by atoms with van der Waals surface area (Å²) >= 11 is 0. The van der Waals surface area contributed by atoms with Gasteiger partial charge in [0.2, 0.25) is 8.32 Å². The molecule has 0 bridgehead atoms. The third-order valence-corrected chi connectivity index (χ3v) is 10.6. The molecular formula is C21H36BNO4Si. The van der Waals surface area contributed by atoms with E-state index in [0.717, 1.165) is 5.46 Å². The van der Waals surface area contributed by atoms with Crippen molar-refractivity contribution in [3.05, 3.63) is 23.8 Å². The Hall–Kier alpha value is -1.31. The van der Waals surface area contributed by atoms with Crippen molar-refractivity contribution in [1.82, 2.24) is 4.90 Å². The fraction of sp³-hybridized carbons (Fsp3) is 0.667. The molecule has 0 spiro atoms. The van der Waals surface area contributed by atoms with Gasteiger partial charge in [-0.15, -0.1) is 0 Å². The molecule has 5 nitrogen and oxygen atoms in total. The van der Waals surface area contributed by atoms with Gasteiger partial charge in [-0.05, 0) is 69.5 Å². The van der Waals surface area contributed by atoms with Gasteiger partial charge in [0, 0.05) is 19.7 Å². The predicted octanol–water partition coefficient (Wildman–Crippen LogP) is 4.07. The van der Waals surface area contributed by atoms with Crippen LogP contribution in [0.25, 0.3) is 0 Å². The molecule has 1 aliphatic rings. The van der Waals surface area contributed by atoms with E-state index in [0.29, 0.717) is 11.3 Å². The molecule has 1 aliphatic heterocycles. The molecule has 1 aromatic carbocycles. The van der Waals surface area contributed by atoms with E-state index in [9.17, 15) is 4.79 Å². The lowest BCUT2D eigenvalue weighted by Crippen LogP contribution is -2.44. The third kappa shape index (κ3) is 4.47. The van der Waals surface area contributed by atoms with Crippen LogP contribution >= 0.6 is 0 Å². The van der Waals surface area contributed by atoms with E-state index in [1.807, 2.05) is 45.9 Å². The molecule has 1 heterocycles. The van der Waals surface area contributed by atoms with Gasteiger partial charge in [0.1, 0.15) is 5.75 Å². The van der Waals surface area contributed by atoms with Crippen LogP contribution in [0.4, 0.5) is 0 Å². The third-order valence-electron chi connectivity index (χ3n) is 6.29. The van der Waals surface area contributed by atoms with Crippen LogP contribution in [0.3, 0.4) is 0 Å². The van der Waals surface area contributed by atoms with E-state index in [2.05, 4.69) is 33.9 Å². The van der Waals surface area contributed by atoms with Crippen molar-refractivity contribution in [2.75, 3.05) is 14.1 Å². The van der Waals surface area contributed by atoms with Gasteiger partial charge < -0.3 is 18.6 Å². The summed E-state index contributed by atoms with van der Waals surface area (Å²) < 4.78 is 18.9. The van der Waals surface area contributed by atoms with Crippen molar-refractivity contribution in [3.8, 4) is 5.75 Å². The number of amides is 1. The predicted molar refractivity (Wildman–Crippen MR) is 118 cm³/mol. The molecule has 1 fully saturated rings. The SMILES string of the molecule is CN(C)C(=O)c1cc(O[Si](C)(C)C(C)(C)C)cc(B2OC(C)(C)C(C)(C)O2)c1. The van der Waals surface area contributed by atoms with E-state index >= 15 is 0 Å². The van der Waals surface area contributed by atoms with Crippen LogP contribution in [0.1, 0.15) is 58.8 Å².